The molecule has 0 saturated carbocycles. The molecule has 7 heteroatoms. The van der Waals surface area contributed by atoms with Crippen LogP contribution in [0.2, 0.25) is 0 Å². The zero-order valence-corrected chi connectivity index (χ0v) is 10.9. The van der Waals surface area contributed by atoms with Crippen molar-refractivity contribution in [1.82, 2.24) is 0 Å². The maximum Gasteiger partial charge on any atom is 0.556 e. The smallest absolute Gasteiger partial charge is 0.415 e. The minimum Gasteiger partial charge on any atom is -0.415 e. The zero-order chi connectivity index (χ0) is 13.8. The van der Waals surface area contributed by atoms with Gasteiger partial charge in [-0.1, -0.05) is 5.10 Å². The van der Waals surface area contributed by atoms with E-state index >= 15 is 0 Å². The second-order valence-corrected chi connectivity index (χ2v) is 3.86. The second-order valence-electron chi connectivity index (χ2n) is 3.86. The molecule has 0 aliphatic carbocycles. The Labute approximate surface area is 106 Å². The molecule has 0 saturated heterocycles. The van der Waals surface area contributed by atoms with Crippen LogP contribution in [0, 0.1) is 5.41 Å². The van der Waals surface area contributed by atoms with Crippen LogP contribution >= 0.6 is 0 Å². The Morgan fingerprint density at radius 1 is 1.50 bits per heavy atom. The van der Waals surface area contributed by atoms with Crippen molar-refractivity contribution >= 4 is 17.8 Å². The average molecular weight is 255 g/mol. The third kappa shape index (κ3) is 2.57. The molecule has 0 fully saturated rings. The normalized spacial score (nSPS) is 22.4. The van der Waals surface area contributed by atoms with Gasteiger partial charge in [0, 0.05) is 19.6 Å². The molecule has 0 aromatic heterocycles. The number of amides is 1. The van der Waals surface area contributed by atoms with Crippen molar-refractivity contribution in [3.63, 3.8) is 0 Å². The number of nitrogens with two attached hydrogens (primary N) is 1. The van der Waals surface area contributed by atoms with E-state index in [0.29, 0.717) is 24.6 Å². The number of hydrogen-bond acceptors (Lipinski definition) is 5. The number of guanidine groups is 1. The molecule has 18 heavy (non-hydrogen) atoms. The highest BCUT2D eigenvalue weighted by Crippen LogP contribution is 2.25. The van der Waals surface area contributed by atoms with Gasteiger partial charge in [-0.15, -0.1) is 0 Å². The Balaban J connectivity index is 2.79. The minimum atomic E-state index is -0.724. The summed E-state index contributed by atoms with van der Waals surface area (Å²) in [4.78, 5) is 12.1. The molecule has 1 unspecified atom stereocenters. The Hall–Kier alpha value is -1.73. The number of hydrogen-bond donors (Lipinski definition) is 2. The molecule has 3 N–H and O–H groups in total. The molecular formula is C11H19N4O3+. The topological polar surface area (TPSA) is 97.8 Å². The fourth-order valence-corrected chi connectivity index (χ4v) is 1.69. The number of nitrogens with one attached hydrogen (secondary N) is 1. The number of ether oxygens (including phenoxy) is 2. The summed E-state index contributed by atoms with van der Waals surface area (Å²) in [7, 11) is 0. The quantitative estimate of drug-likeness (QED) is 0.341. The van der Waals surface area contributed by atoms with Gasteiger partial charge in [-0.05, 0) is 18.4 Å². The first-order valence-corrected chi connectivity index (χ1v) is 5.69. The van der Waals surface area contributed by atoms with Gasteiger partial charge < -0.3 is 15.2 Å². The standard InChI is InChI=1S/C11H19N4O3/c1-4-17-5-6-18-11(16)15(10(12)13)9(3)7-8(2)14-15/h7H,4-6H2,1-3H3,(H3,12,13)/q+1. The fraction of sp³-hybridized carbons (Fsp3) is 0.545. The van der Waals surface area contributed by atoms with Crippen molar-refractivity contribution in [3.8, 4) is 0 Å². The van der Waals surface area contributed by atoms with Gasteiger partial charge in [-0.2, -0.15) is 4.79 Å². The van der Waals surface area contributed by atoms with Gasteiger partial charge in [-0.25, -0.2) is 5.41 Å². The molecule has 1 rings (SSSR count). The van der Waals surface area contributed by atoms with Gasteiger partial charge in [0.05, 0.1) is 6.61 Å². The Morgan fingerprint density at radius 2 is 2.17 bits per heavy atom. The van der Waals surface area contributed by atoms with Gasteiger partial charge in [0.2, 0.25) is 0 Å². The summed E-state index contributed by atoms with van der Waals surface area (Å²) < 4.78 is 9.40. The molecule has 1 atom stereocenters. The Bertz CT molecular complexity index is 417. The number of quaternary nitrogens is 1. The van der Waals surface area contributed by atoms with E-state index in [9.17, 15) is 4.79 Å². The number of nitrogens with zero attached hydrogens (tertiary/aromatic N) is 2. The molecule has 1 amide bonds. The number of rotatable bonds is 4. The molecule has 100 valence electrons. The lowest BCUT2D eigenvalue weighted by atomic mass is 10.3. The van der Waals surface area contributed by atoms with Gasteiger partial charge in [0.25, 0.3) is 0 Å². The van der Waals surface area contributed by atoms with E-state index in [-0.39, 0.29) is 12.6 Å². The maximum atomic E-state index is 12.1. The van der Waals surface area contributed by atoms with Crippen molar-refractivity contribution in [2.75, 3.05) is 19.8 Å². The average Bonchev–Trinajstić information content (AvgIpc) is 2.60. The van der Waals surface area contributed by atoms with E-state index in [4.69, 9.17) is 20.6 Å². The molecule has 1 aliphatic heterocycles. The predicted molar refractivity (Wildman–Crippen MR) is 66.9 cm³/mol. The van der Waals surface area contributed by atoms with Crippen LogP contribution in [0.1, 0.15) is 20.8 Å². The van der Waals surface area contributed by atoms with E-state index in [0.717, 1.165) is 0 Å². The summed E-state index contributed by atoms with van der Waals surface area (Å²) in [5, 5.41) is 11.7. The van der Waals surface area contributed by atoms with Crippen LogP contribution in [-0.2, 0) is 9.47 Å². The molecule has 0 bridgehead atoms. The van der Waals surface area contributed by atoms with E-state index < -0.39 is 10.7 Å². The van der Waals surface area contributed by atoms with Crippen LogP contribution in [0.25, 0.3) is 0 Å². The summed E-state index contributed by atoms with van der Waals surface area (Å²) in [6, 6.07) is 0. The van der Waals surface area contributed by atoms with Crippen molar-refractivity contribution in [2.45, 2.75) is 20.8 Å². The Kier molecular flexibility index (Phi) is 4.57. The molecule has 1 aliphatic rings. The van der Waals surface area contributed by atoms with E-state index in [1.165, 1.54) is 0 Å². The molecule has 1 heterocycles. The highest BCUT2D eigenvalue weighted by atomic mass is 16.6. The van der Waals surface area contributed by atoms with Gasteiger partial charge in [0.1, 0.15) is 12.3 Å². The molecular weight excluding hydrogens is 236 g/mol. The molecule has 0 aromatic carbocycles. The lowest BCUT2D eigenvalue weighted by molar-refractivity contribution is -0.732. The van der Waals surface area contributed by atoms with E-state index in [2.05, 4.69) is 5.10 Å². The summed E-state index contributed by atoms with van der Waals surface area (Å²) in [5.74, 6) is -0.387. The Morgan fingerprint density at radius 3 is 2.61 bits per heavy atom. The van der Waals surface area contributed by atoms with Crippen LogP contribution in [0.3, 0.4) is 0 Å². The molecule has 7 nitrogen and oxygen atoms in total. The summed E-state index contributed by atoms with van der Waals surface area (Å²) >= 11 is 0. The van der Waals surface area contributed by atoms with Crippen LogP contribution < -0.4 is 5.73 Å². The maximum absolute atomic E-state index is 12.1. The van der Waals surface area contributed by atoms with Gasteiger partial charge >= 0.3 is 12.1 Å². The molecule has 0 radical (unpaired) electrons. The zero-order valence-electron chi connectivity index (χ0n) is 10.9. The van der Waals surface area contributed by atoms with Crippen LogP contribution in [0.15, 0.2) is 16.9 Å². The highest BCUT2D eigenvalue weighted by Gasteiger charge is 2.50. The first-order valence-electron chi connectivity index (χ1n) is 5.69. The lowest BCUT2D eigenvalue weighted by Gasteiger charge is -2.22. The van der Waals surface area contributed by atoms with Crippen molar-refractivity contribution in [3.05, 3.63) is 11.8 Å². The summed E-state index contributed by atoms with van der Waals surface area (Å²) in [5.41, 5.74) is 6.66. The van der Waals surface area contributed by atoms with Gasteiger partial charge in [0.15, 0.2) is 5.70 Å². The lowest BCUT2D eigenvalue weighted by Crippen LogP contribution is -2.54. The molecule has 0 aromatic rings. The van der Waals surface area contributed by atoms with Crippen LogP contribution in [0.5, 0.6) is 0 Å². The van der Waals surface area contributed by atoms with Crippen LogP contribution in [-0.4, -0.2) is 42.2 Å². The largest absolute Gasteiger partial charge is 0.556 e. The number of allylic oxidation sites excluding steroid dienone is 2. The van der Waals surface area contributed by atoms with Crippen molar-refractivity contribution < 1.29 is 18.9 Å². The SMILES string of the molecule is CCOCCOC(=O)[N+]1(C(=N)N)N=C(C)C=C1C. The monoisotopic (exact) mass is 255 g/mol. The summed E-state index contributed by atoms with van der Waals surface area (Å²) in [6.07, 6.45) is 1.01. The van der Waals surface area contributed by atoms with E-state index in [1.54, 1.807) is 19.9 Å². The fourth-order valence-electron chi connectivity index (χ4n) is 1.69. The first-order chi connectivity index (χ1) is 8.45. The van der Waals surface area contributed by atoms with Gasteiger partial charge in [-0.3, -0.25) is 0 Å². The number of carbonyl (C=O) groups excluding carboxylic acids is 1. The highest BCUT2D eigenvalue weighted by molar-refractivity contribution is 5.97. The second kappa shape index (κ2) is 5.74. The first kappa shape index (κ1) is 14.3. The van der Waals surface area contributed by atoms with Crippen molar-refractivity contribution in [1.29, 1.82) is 5.41 Å². The summed E-state index contributed by atoms with van der Waals surface area (Å²) in [6.45, 7) is 6.26. The predicted octanol–water partition coefficient (Wildman–Crippen LogP) is 1.16. The minimum absolute atomic E-state index is 0.113. The third-order valence-corrected chi connectivity index (χ3v) is 2.51. The van der Waals surface area contributed by atoms with Crippen molar-refractivity contribution in [2.24, 2.45) is 10.8 Å². The van der Waals surface area contributed by atoms with Crippen LogP contribution in [0.4, 0.5) is 4.79 Å². The number of carbonyl (C=O) groups is 1. The van der Waals surface area contributed by atoms with E-state index in [1.807, 2.05) is 6.92 Å². The molecule has 0 spiro atoms. The third-order valence-electron chi connectivity index (χ3n) is 2.51.